The molecule has 0 spiro atoms. The highest BCUT2D eigenvalue weighted by Crippen LogP contribution is 2.28. The van der Waals surface area contributed by atoms with Crippen molar-refractivity contribution in [3.8, 4) is 0 Å². The van der Waals surface area contributed by atoms with Crippen molar-refractivity contribution in [2.24, 2.45) is 5.73 Å². The predicted molar refractivity (Wildman–Crippen MR) is 73.6 cm³/mol. The van der Waals surface area contributed by atoms with Gasteiger partial charge in [-0.2, -0.15) is 0 Å². The third-order valence-corrected chi connectivity index (χ3v) is 3.47. The number of nitrogens with two attached hydrogens (primary N) is 1. The molecule has 1 unspecified atom stereocenters. The maximum atomic E-state index is 6.41. The average Bonchev–Trinajstić information content (AvgIpc) is 2.30. The summed E-state index contributed by atoms with van der Waals surface area (Å²) >= 11 is 3.55. The molecule has 0 amide bonds. The van der Waals surface area contributed by atoms with Crippen LogP contribution in [0.4, 0.5) is 0 Å². The van der Waals surface area contributed by atoms with Gasteiger partial charge in [-0.25, -0.2) is 0 Å². The van der Waals surface area contributed by atoms with Crippen LogP contribution in [0, 0.1) is 0 Å². The molecule has 3 heteroatoms. The molecule has 0 bridgehead atoms. The van der Waals surface area contributed by atoms with Crippen molar-refractivity contribution in [3.05, 3.63) is 64.4 Å². The molecule has 88 valence electrons. The maximum Gasteiger partial charge on any atom is 0.0433 e. The Balaban J connectivity index is 2.28. The molecule has 1 aromatic heterocycles. The van der Waals surface area contributed by atoms with Gasteiger partial charge in [0.15, 0.2) is 0 Å². The summed E-state index contributed by atoms with van der Waals surface area (Å²) in [4.78, 5) is 4.12. The number of hydrogen-bond donors (Lipinski definition) is 1. The van der Waals surface area contributed by atoms with Crippen LogP contribution in [0.15, 0.2) is 53.3 Å². The van der Waals surface area contributed by atoms with E-state index >= 15 is 0 Å². The number of aromatic nitrogens is 1. The van der Waals surface area contributed by atoms with Crippen LogP contribution in [0.2, 0.25) is 0 Å². The zero-order chi connectivity index (χ0) is 12.3. The van der Waals surface area contributed by atoms with Gasteiger partial charge in [0.05, 0.1) is 0 Å². The van der Waals surface area contributed by atoms with Gasteiger partial charge in [0.2, 0.25) is 0 Å². The van der Waals surface area contributed by atoms with Crippen molar-refractivity contribution in [2.45, 2.75) is 18.9 Å². The second-order valence-corrected chi connectivity index (χ2v) is 5.29. The van der Waals surface area contributed by atoms with E-state index in [4.69, 9.17) is 5.73 Å². The van der Waals surface area contributed by atoms with Crippen LogP contribution in [-0.2, 0) is 12.0 Å². The van der Waals surface area contributed by atoms with Gasteiger partial charge in [0.25, 0.3) is 0 Å². The van der Waals surface area contributed by atoms with Gasteiger partial charge >= 0.3 is 0 Å². The second-order valence-electron chi connectivity index (χ2n) is 4.44. The molecule has 0 aliphatic heterocycles. The number of benzene rings is 1. The zero-order valence-electron chi connectivity index (χ0n) is 9.73. The third-order valence-electron chi connectivity index (χ3n) is 2.78. The highest BCUT2D eigenvalue weighted by Gasteiger charge is 2.23. The van der Waals surface area contributed by atoms with E-state index in [1.165, 1.54) is 0 Å². The summed E-state index contributed by atoms with van der Waals surface area (Å²) in [6.07, 6.45) is 4.40. The lowest BCUT2D eigenvalue weighted by molar-refractivity contribution is 0.488. The predicted octanol–water partition coefficient (Wildman–Crippen LogP) is 3.26. The first-order chi connectivity index (χ1) is 8.09. The minimum absolute atomic E-state index is 0.400. The highest BCUT2D eigenvalue weighted by atomic mass is 79.9. The number of halogens is 1. The van der Waals surface area contributed by atoms with E-state index in [-0.39, 0.29) is 0 Å². The van der Waals surface area contributed by atoms with Crippen molar-refractivity contribution in [1.29, 1.82) is 0 Å². The molecule has 2 N–H and O–H groups in total. The maximum absolute atomic E-state index is 6.41. The molecule has 1 heterocycles. The van der Waals surface area contributed by atoms with Crippen LogP contribution < -0.4 is 5.73 Å². The molecule has 0 saturated carbocycles. The van der Waals surface area contributed by atoms with Gasteiger partial charge < -0.3 is 5.73 Å². The first kappa shape index (κ1) is 12.3. The lowest BCUT2D eigenvalue weighted by atomic mass is 9.87. The molecular weight excluding hydrogens is 276 g/mol. The third kappa shape index (κ3) is 2.93. The Morgan fingerprint density at radius 2 is 2.00 bits per heavy atom. The molecule has 17 heavy (non-hydrogen) atoms. The van der Waals surface area contributed by atoms with Crippen molar-refractivity contribution in [3.63, 3.8) is 0 Å². The van der Waals surface area contributed by atoms with Gasteiger partial charge in [-0.1, -0.05) is 40.2 Å². The van der Waals surface area contributed by atoms with Crippen molar-refractivity contribution in [1.82, 2.24) is 4.98 Å². The number of pyridine rings is 1. The van der Waals surface area contributed by atoms with E-state index in [0.29, 0.717) is 0 Å². The van der Waals surface area contributed by atoms with Gasteiger partial charge in [0, 0.05) is 22.4 Å². The molecule has 2 nitrogen and oxygen atoms in total. The van der Waals surface area contributed by atoms with E-state index < -0.39 is 5.54 Å². The molecule has 2 rings (SSSR count). The number of rotatable bonds is 3. The summed E-state index contributed by atoms with van der Waals surface area (Å²) in [5.74, 6) is 0. The van der Waals surface area contributed by atoms with Crippen LogP contribution in [0.5, 0.6) is 0 Å². The van der Waals surface area contributed by atoms with Crippen LogP contribution in [0.25, 0.3) is 0 Å². The van der Waals surface area contributed by atoms with Crippen molar-refractivity contribution < 1.29 is 0 Å². The Morgan fingerprint density at radius 1 is 1.24 bits per heavy atom. The van der Waals surface area contributed by atoms with Gasteiger partial charge in [-0.3, -0.25) is 4.98 Å². The van der Waals surface area contributed by atoms with Crippen LogP contribution in [0.3, 0.4) is 0 Å². The Hall–Kier alpha value is -1.19. The largest absolute Gasteiger partial charge is 0.321 e. The Bertz CT molecular complexity index is 495. The van der Waals surface area contributed by atoms with Crippen LogP contribution in [-0.4, -0.2) is 4.98 Å². The molecule has 1 aromatic carbocycles. The van der Waals surface area contributed by atoms with Crippen LogP contribution >= 0.6 is 15.9 Å². The zero-order valence-corrected chi connectivity index (χ0v) is 11.3. The van der Waals surface area contributed by atoms with E-state index in [2.05, 4.69) is 33.0 Å². The first-order valence-electron chi connectivity index (χ1n) is 5.52. The van der Waals surface area contributed by atoms with Crippen molar-refractivity contribution in [2.75, 3.05) is 0 Å². The Kier molecular flexibility index (Phi) is 3.60. The molecular formula is C14H15BrN2. The normalized spacial score (nSPS) is 14.3. The molecule has 0 fully saturated rings. The lowest BCUT2D eigenvalue weighted by Gasteiger charge is -2.26. The molecule has 0 aliphatic rings. The fourth-order valence-corrected chi connectivity index (χ4v) is 2.68. The molecule has 0 saturated heterocycles. The SMILES string of the molecule is CC(N)(Cc1cccnc1)c1ccccc1Br. The van der Waals surface area contributed by atoms with E-state index in [9.17, 15) is 0 Å². The van der Waals surface area contributed by atoms with Crippen LogP contribution in [0.1, 0.15) is 18.1 Å². The van der Waals surface area contributed by atoms with Gasteiger partial charge in [0.1, 0.15) is 0 Å². The van der Waals surface area contributed by atoms with E-state index in [1.807, 2.05) is 37.4 Å². The summed E-state index contributed by atoms with van der Waals surface area (Å²) in [7, 11) is 0. The van der Waals surface area contributed by atoms with Gasteiger partial charge in [-0.05, 0) is 36.6 Å². The molecule has 1 atom stereocenters. The minimum Gasteiger partial charge on any atom is -0.321 e. The second kappa shape index (κ2) is 4.98. The van der Waals surface area contributed by atoms with Crippen molar-refractivity contribution >= 4 is 15.9 Å². The Morgan fingerprint density at radius 3 is 2.65 bits per heavy atom. The van der Waals surface area contributed by atoms with E-state index in [0.717, 1.165) is 22.0 Å². The lowest BCUT2D eigenvalue weighted by Crippen LogP contribution is -2.35. The number of nitrogens with zero attached hydrogens (tertiary/aromatic N) is 1. The quantitative estimate of drug-likeness (QED) is 0.942. The summed E-state index contributed by atoms with van der Waals surface area (Å²) in [5.41, 5.74) is 8.27. The smallest absolute Gasteiger partial charge is 0.0433 e. The highest BCUT2D eigenvalue weighted by molar-refractivity contribution is 9.10. The minimum atomic E-state index is -0.400. The number of hydrogen-bond acceptors (Lipinski definition) is 2. The average molecular weight is 291 g/mol. The Labute approximate surface area is 110 Å². The first-order valence-corrected chi connectivity index (χ1v) is 6.32. The topological polar surface area (TPSA) is 38.9 Å². The summed E-state index contributed by atoms with van der Waals surface area (Å²) in [6.45, 7) is 2.04. The molecule has 0 radical (unpaired) electrons. The summed E-state index contributed by atoms with van der Waals surface area (Å²) in [6, 6.07) is 12.1. The van der Waals surface area contributed by atoms with Gasteiger partial charge in [-0.15, -0.1) is 0 Å². The summed E-state index contributed by atoms with van der Waals surface area (Å²) in [5, 5.41) is 0. The fraction of sp³-hybridized carbons (Fsp3) is 0.214. The molecule has 0 aliphatic carbocycles. The summed E-state index contributed by atoms with van der Waals surface area (Å²) < 4.78 is 1.05. The van der Waals surface area contributed by atoms with E-state index in [1.54, 1.807) is 6.20 Å². The fourth-order valence-electron chi connectivity index (χ4n) is 1.95. The monoisotopic (exact) mass is 290 g/mol. The molecule has 2 aromatic rings. The standard InChI is InChI=1S/C14H15BrN2/c1-14(16,9-11-5-4-8-17-10-11)12-6-2-3-7-13(12)15/h2-8,10H,9,16H2,1H3.